The van der Waals surface area contributed by atoms with Gasteiger partial charge in [0, 0.05) is 25.3 Å². The molecule has 3 aromatic rings. The maximum atomic E-state index is 13.5. The molecule has 3 aromatic carbocycles. The first-order valence-corrected chi connectivity index (χ1v) is 14.2. The SMILES string of the molecule is COc1ccc(NC(=O)[C@@H]2CN(S(=O)(=O)c3ccccc3)CCN2S(=O)(=O)c2ccccc2)cc1Cl. The highest BCUT2D eigenvalue weighted by molar-refractivity contribution is 7.89. The highest BCUT2D eigenvalue weighted by atomic mass is 35.5. The lowest BCUT2D eigenvalue weighted by molar-refractivity contribution is -0.120. The summed E-state index contributed by atoms with van der Waals surface area (Å²) in [6.45, 7) is -0.675. The Labute approximate surface area is 215 Å². The second kappa shape index (κ2) is 10.6. The largest absolute Gasteiger partial charge is 0.495 e. The number of nitrogens with zero attached hydrogens (tertiary/aromatic N) is 2. The van der Waals surface area contributed by atoms with Gasteiger partial charge in [0.2, 0.25) is 26.0 Å². The van der Waals surface area contributed by atoms with Crippen molar-refractivity contribution in [1.29, 1.82) is 0 Å². The number of carbonyl (C=O) groups is 1. The van der Waals surface area contributed by atoms with E-state index in [0.29, 0.717) is 11.4 Å². The first kappa shape index (κ1) is 26.1. The van der Waals surface area contributed by atoms with Gasteiger partial charge < -0.3 is 10.1 Å². The van der Waals surface area contributed by atoms with Crippen molar-refractivity contribution < 1.29 is 26.4 Å². The lowest BCUT2D eigenvalue weighted by atomic mass is 10.2. The van der Waals surface area contributed by atoms with Gasteiger partial charge in [0.25, 0.3) is 0 Å². The van der Waals surface area contributed by atoms with Crippen LogP contribution in [0.25, 0.3) is 0 Å². The smallest absolute Gasteiger partial charge is 0.244 e. The number of anilines is 1. The zero-order chi connectivity index (χ0) is 25.9. The fourth-order valence-electron chi connectivity index (χ4n) is 3.90. The summed E-state index contributed by atoms with van der Waals surface area (Å²) in [4.78, 5) is 13.5. The molecule has 190 valence electrons. The molecule has 0 bridgehead atoms. The first-order valence-electron chi connectivity index (χ1n) is 10.9. The normalized spacial score (nSPS) is 17.4. The molecule has 0 aromatic heterocycles. The molecule has 1 fully saturated rings. The minimum absolute atomic E-state index is 0.00894. The van der Waals surface area contributed by atoms with Crippen LogP contribution in [0.5, 0.6) is 5.75 Å². The van der Waals surface area contributed by atoms with E-state index in [0.717, 1.165) is 8.61 Å². The lowest BCUT2D eigenvalue weighted by Crippen LogP contribution is -2.60. The second-order valence-electron chi connectivity index (χ2n) is 7.96. The molecule has 0 spiro atoms. The molecule has 1 N–H and O–H groups in total. The van der Waals surface area contributed by atoms with Crippen LogP contribution in [0, 0.1) is 0 Å². The molecule has 1 saturated heterocycles. The minimum atomic E-state index is -4.10. The summed E-state index contributed by atoms with van der Waals surface area (Å²) in [5.74, 6) is -0.288. The first-order chi connectivity index (χ1) is 17.1. The van der Waals surface area contributed by atoms with Crippen LogP contribution in [0.1, 0.15) is 0 Å². The van der Waals surface area contributed by atoms with Crippen LogP contribution in [0.2, 0.25) is 5.02 Å². The molecule has 1 amide bonds. The van der Waals surface area contributed by atoms with Crippen LogP contribution in [0.4, 0.5) is 5.69 Å². The molecule has 1 aliphatic heterocycles. The minimum Gasteiger partial charge on any atom is -0.495 e. The fraction of sp³-hybridized carbons (Fsp3) is 0.208. The van der Waals surface area contributed by atoms with Gasteiger partial charge in [-0.15, -0.1) is 0 Å². The predicted molar refractivity (Wildman–Crippen MR) is 136 cm³/mol. The van der Waals surface area contributed by atoms with Crippen molar-refractivity contribution in [3.05, 3.63) is 83.9 Å². The molecule has 1 heterocycles. The number of sulfonamides is 2. The fourth-order valence-corrected chi connectivity index (χ4v) is 7.21. The van der Waals surface area contributed by atoms with Crippen LogP contribution >= 0.6 is 11.6 Å². The molecule has 1 aliphatic rings. The Hall–Kier alpha value is -2.96. The molecule has 1 atom stereocenters. The van der Waals surface area contributed by atoms with Crippen LogP contribution < -0.4 is 10.1 Å². The van der Waals surface area contributed by atoms with Gasteiger partial charge in [-0.3, -0.25) is 4.79 Å². The maximum Gasteiger partial charge on any atom is 0.244 e. The summed E-state index contributed by atoms with van der Waals surface area (Å²) in [5, 5.41) is 2.91. The Morgan fingerprint density at radius 3 is 2.03 bits per heavy atom. The molecule has 36 heavy (non-hydrogen) atoms. The number of hydrogen-bond acceptors (Lipinski definition) is 6. The molecular weight excluding hydrogens is 526 g/mol. The number of amides is 1. The molecular formula is C24H24ClN3O6S2. The zero-order valence-corrected chi connectivity index (χ0v) is 21.6. The van der Waals surface area contributed by atoms with Crippen LogP contribution in [-0.4, -0.2) is 64.1 Å². The summed E-state index contributed by atoms with van der Waals surface area (Å²) in [6.07, 6.45) is 0. The third-order valence-corrected chi connectivity index (χ3v) is 9.84. The Morgan fingerprint density at radius 2 is 1.47 bits per heavy atom. The highest BCUT2D eigenvalue weighted by Gasteiger charge is 2.43. The Bertz CT molecular complexity index is 1450. The van der Waals surface area contributed by atoms with Gasteiger partial charge in [0.1, 0.15) is 11.8 Å². The van der Waals surface area contributed by atoms with Gasteiger partial charge in [0.05, 0.1) is 21.9 Å². The average Bonchev–Trinajstić information content (AvgIpc) is 2.89. The van der Waals surface area contributed by atoms with E-state index in [1.165, 1.54) is 37.4 Å². The topological polar surface area (TPSA) is 113 Å². The number of methoxy groups -OCH3 is 1. The van der Waals surface area contributed by atoms with E-state index in [1.807, 2.05) is 0 Å². The van der Waals surface area contributed by atoms with E-state index in [1.54, 1.807) is 48.5 Å². The number of nitrogens with one attached hydrogen (secondary N) is 1. The Morgan fingerprint density at radius 1 is 0.889 bits per heavy atom. The van der Waals surface area contributed by atoms with Gasteiger partial charge in [0.15, 0.2) is 0 Å². The van der Waals surface area contributed by atoms with E-state index >= 15 is 0 Å². The van der Waals surface area contributed by atoms with Gasteiger partial charge in [-0.05, 0) is 42.5 Å². The van der Waals surface area contributed by atoms with Gasteiger partial charge in [-0.25, -0.2) is 16.8 Å². The number of carbonyl (C=O) groups excluding carboxylic acids is 1. The third kappa shape index (κ3) is 5.25. The maximum absolute atomic E-state index is 13.5. The quantitative estimate of drug-likeness (QED) is 0.484. The van der Waals surface area contributed by atoms with Crippen molar-refractivity contribution in [2.45, 2.75) is 15.8 Å². The van der Waals surface area contributed by atoms with Gasteiger partial charge >= 0.3 is 0 Å². The number of rotatable bonds is 7. The third-order valence-electron chi connectivity index (χ3n) is 5.75. The number of piperazine rings is 1. The summed E-state index contributed by atoms with van der Waals surface area (Å²) in [6, 6.07) is 18.8. The van der Waals surface area contributed by atoms with E-state index in [2.05, 4.69) is 5.32 Å². The number of hydrogen-bond donors (Lipinski definition) is 1. The summed E-state index contributed by atoms with van der Waals surface area (Å²) in [5.41, 5.74) is 0.311. The van der Waals surface area contributed by atoms with E-state index in [-0.39, 0.29) is 34.4 Å². The zero-order valence-electron chi connectivity index (χ0n) is 19.2. The van der Waals surface area contributed by atoms with Crippen LogP contribution in [-0.2, 0) is 24.8 Å². The highest BCUT2D eigenvalue weighted by Crippen LogP contribution is 2.29. The van der Waals surface area contributed by atoms with Crippen molar-refractivity contribution in [3.63, 3.8) is 0 Å². The van der Waals surface area contributed by atoms with Crippen molar-refractivity contribution in [2.75, 3.05) is 32.1 Å². The second-order valence-corrected chi connectivity index (χ2v) is 12.2. The Kier molecular flexibility index (Phi) is 7.67. The van der Waals surface area contributed by atoms with Crippen molar-refractivity contribution in [2.24, 2.45) is 0 Å². The van der Waals surface area contributed by atoms with Crippen molar-refractivity contribution in [3.8, 4) is 5.75 Å². The molecule has 0 unspecified atom stereocenters. The van der Waals surface area contributed by atoms with Gasteiger partial charge in [-0.2, -0.15) is 8.61 Å². The summed E-state index contributed by atoms with van der Waals surface area (Å²) >= 11 is 6.16. The Balaban J connectivity index is 1.68. The predicted octanol–water partition coefficient (Wildman–Crippen LogP) is 3.05. The van der Waals surface area contributed by atoms with Gasteiger partial charge in [-0.1, -0.05) is 48.0 Å². The molecule has 0 saturated carbocycles. The van der Waals surface area contributed by atoms with Crippen molar-refractivity contribution in [1.82, 2.24) is 8.61 Å². The average molecular weight is 550 g/mol. The number of halogens is 1. The van der Waals surface area contributed by atoms with E-state index < -0.39 is 32.0 Å². The number of ether oxygens (including phenoxy) is 1. The molecule has 0 aliphatic carbocycles. The molecule has 4 rings (SSSR count). The van der Waals surface area contributed by atoms with E-state index in [9.17, 15) is 21.6 Å². The lowest BCUT2D eigenvalue weighted by Gasteiger charge is -2.38. The molecule has 9 nitrogen and oxygen atoms in total. The van der Waals surface area contributed by atoms with Crippen LogP contribution in [0.15, 0.2) is 88.7 Å². The van der Waals surface area contributed by atoms with E-state index in [4.69, 9.17) is 16.3 Å². The molecule has 0 radical (unpaired) electrons. The summed E-state index contributed by atoms with van der Waals surface area (Å²) < 4.78 is 60.7. The molecule has 12 heteroatoms. The van der Waals surface area contributed by atoms with Crippen molar-refractivity contribution >= 4 is 43.2 Å². The monoisotopic (exact) mass is 549 g/mol. The van der Waals surface area contributed by atoms with Crippen LogP contribution in [0.3, 0.4) is 0 Å². The number of benzene rings is 3. The summed E-state index contributed by atoms with van der Waals surface area (Å²) in [7, 11) is -6.60. The standard InChI is InChI=1S/C24H24ClN3O6S2/c1-34-23-13-12-18(16-21(23)25)26-24(29)22-17-27(35(30,31)19-8-4-2-5-9-19)14-15-28(22)36(32,33)20-10-6-3-7-11-20/h2-13,16,22H,14-15,17H2,1H3,(H,26,29)/t22-/m0/s1.